The zero-order valence-corrected chi connectivity index (χ0v) is 6.29. The standard InChI is InChI=1S/C7H14N2O/c1-5-4-6(8)2-3-7(5)9-10/h5-7H,2-4,8H2,1H3. The SMILES string of the molecule is CC1CC(N)CCC1N=O. The summed E-state index contributed by atoms with van der Waals surface area (Å²) < 4.78 is 0. The molecule has 0 amide bonds. The summed E-state index contributed by atoms with van der Waals surface area (Å²) in [4.78, 5) is 10.2. The Bertz CT molecular complexity index is 127. The fraction of sp³-hybridized carbons (Fsp3) is 1.00. The van der Waals surface area contributed by atoms with Crippen molar-refractivity contribution in [2.75, 3.05) is 0 Å². The van der Waals surface area contributed by atoms with Crippen molar-refractivity contribution in [3.05, 3.63) is 4.91 Å². The van der Waals surface area contributed by atoms with Crippen LogP contribution in [0.4, 0.5) is 0 Å². The first-order valence-electron chi connectivity index (χ1n) is 3.82. The molecule has 0 saturated heterocycles. The van der Waals surface area contributed by atoms with Crippen LogP contribution < -0.4 is 5.73 Å². The van der Waals surface area contributed by atoms with Gasteiger partial charge in [0, 0.05) is 6.04 Å². The molecule has 0 aliphatic heterocycles. The average Bonchev–Trinajstić information content (AvgIpc) is 1.88. The van der Waals surface area contributed by atoms with Gasteiger partial charge in [-0.3, -0.25) is 0 Å². The van der Waals surface area contributed by atoms with Gasteiger partial charge in [0.1, 0.15) is 0 Å². The molecule has 0 bridgehead atoms. The van der Waals surface area contributed by atoms with E-state index in [-0.39, 0.29) is 6.04 Å². The first-order valence-corrected chi connectivity index (χ1v) is 3.82. The monoisotopic (exact) mass is 142 g/mol. The zero-order chi connectivity index (χ0) is 7.56. The van der Waals surface area contributed by atoms with E-state index in [1.54, 1.807) is 0 Å². The third-order valence-corrected chi connectivity index (χ3v) is 2.30. The quantitative estimate of drug-likeness (QED) is 0.560. The molecule has 1 fully saturated rings. The molecule has 0 aromatic rings. The highest BCUT2D eigenvalue weighted by atomic mass is 16.3. The molecule has 1 aliphatic rings. The molecule has 3 nitrogen and oxygen atoms in total. The Labute approximate surface area is 61.0 Å². The number of nitroso groups, excluding NO2 is 1. The van der Waals surface area contributed by atoms with Crippen LogP contribution in [0.15, 0.2) is 5.18 Å². The van der Waals surface area contributed by atoms with Crippen molar-refractivity contribution in [2.24, 2.45) is 16.8 Å². The maximum Gasteiger partial charge on any atom is 0.0946 e. The Kier molecular flexibility index (Phi) is 2.38. The summed E-state index contributed by atoms with van der Waals surface area (Å²) in [6, 6.07) is 0.327. The summed E-state index contributed by atoms with van der Waals surface area (Å²) in [6.07, 6.45) is 2.79. The molecule has 0 aromatic carbocycles. The molecule has 3 atom stereocenters. The van der Waals surface area contributed by atoms with E-state index in [4.69, 9.17) is 5.73 Å². The second kappa shape index (κ2) is 3.10. The maximum atomic E-state index is 10.2. The topological polar surface area (TPSA) is 55.4 Å². The van der Waals surface area contributed by atoms with E-state index in [1.807, 2.05) is 6.92 Å². The Balaban J connectivity index is 2.43. The van der Waals surface area contributed by atoms with Crippen LogP contribution in [0.25, 0.3) is 0 Å². The van der Waals surface area contributed by atoms with E-state index in [0.717, 1.165) is 19.3 Å². The van der Waals surface area contributed by atoms with Crippen LogP contribution in [0.3, 0.4) is 0 Å². The van der Waals surface area contributed by atoms with Gasteiger partial charge in [-0.15, -0.1) is 0 Å². The van der Waals surface area contributed by atoms with Crippen LogP contribution >= 0.6 is 0 Å². The summed E-state index contributed by atoms with van der Waals surface area (Å²) in [5, 5.41) is 3.06. The highest BCUT2D eigenvalue weighted by Crippen LogP contribution is 2.25. The summed E-state index contributed by atoms with van der Waals surface area (Å²) in [5.74, 6) is 0.390. The Morgan fingerprint density at radius 3 is 2.70 bits per heavy atom. The normalized spacial score (nSPS) is 41.2. The summed E-state index contributed by atoms with van der Waals surface area (Å²) in [5.41, 5.74) is 5.70. The van der Waals surface area contributed by atoms with Crippen molar-refractivity contribution in [1.29, 1.82) is 0 Å². The second-order valence-corrected chi connectivity index (χ2v) is 3.22. The van der Waals surface area contributed by atoms with E-state index >= 15 is 0 Å². The molecule has 0 heterocycles. The molecular formula is C7H14N2O. The van der Waals surface area contributed by atoms with Gasteiger partial charge in [-0.1, -0.05) is 12.1 Å². The van der Waals surface area contributed by atoms with Gasteiger partial charge in [0.2, 0.25) is 0 Å². The van der Waals surface area contributed by atoms with Crippen molar-refractivity contribution in [1.82, 2.24) is 0 Å². The lowest BCUT2D eigenvalue weighted by molar-refractivity contribution is 0.299. The van der Waals surface area contributed by atoms with Gasteiger partial charge in [-0.2, -0.15) is 4.91 Å². The fourth-order valence-electron chi connectivity index (χ4n) is 1.58. The summed E-state index contributed by atoms with van der Waals surface area (Å²) in [7, 11) is 0. The van der Waals surface area contributed by atoms with E-state index in [9.17, 15) is 4.91 Å². The minimum Gasteiger partial charge on any atom is -0.328 e. The summed E-state index contributed by atoms with van der Waals surface area (Å²) in [6.45, 7) is 2.05. The maximum absolute atomic E-state index is 10.2. The lowest BCUT2D eigenvalue weighted by Crippen LogP contribution is -2.33. The van der Waals surface area contributed by atoms with Crippen molar-refractivity contribution in [3.63, 3.8) is 0 Å². The fourth-order valence-corrected chi connectivity index (χ4v) is 1.58. The molecule has 1 saturated carbocycles. The van der Waals surface area contributed by atoms with Gasteiger partial charge in [0.05, 0.1) is 6.04 Å². The van der Waals surface area contributed by atoms with Crippen molar-refractivity contribution < 1.29 is 0 Å². The van der Waals surface area contributed by atoms with Gasteiger partial charge >= 0.3 is 0 Å². The van der Waals surface area contributed by atoms with Crippen molar-refractivity contribution in [2.45, 2.75) is 38.3 Å². The van der Waals surface area contributed by atoms with Crippen LogP contribution in [0, 0.1) is 10.8 Å². The predicted octanol–water partition coefficient (Wildman–Crippen LogP) is 1.27. The molecule has 0 spiro atoms. The van der Waals surface area contributed by atoms with Crippen LogP contribution in [-0.4, -0.2) is 12.1 Å². The molecule has 0 radical (unpaired) electrons. The van der Waals surface area contributed by atoms with Crippen LogP contribution in [0.5, 0.6) is 0 Å². The van der Waals surface area contributed by atoms with Gasteiger partial charge in [0.15, 0.2) is 0 Å². The molecule has 3 heteroatoms. The minimum atomic E-state index is 0.0276. The Morgan fingerprint density at radius 1 is 1.50 bits per heavy atom. The van der Waals surface area contributed by atoms with E-state index in [1.165, 1.54) is 0 Å². The lowest BCUT2D eigenvalue weighted by Gasteiger charge is -2.27. The number of rotatable bonds is 1. The first kappa shape index (κ1) is 7.66. The van der Waals surface area contributed by atoms with Gasteiger partial charge in [0.25, 0.3) is 0 Å². The first-order chi connectivity index (χ1) is 4.74. The number of nitrogens with two attached hydrogens (primary N) is 1. The highest BCUT2D eigenvalue weighted by Gasteiger charge is 2.25. The van der Waals surface area contributed by atoms with E-state index < -0.39 is 0 Å². The summed E-state index contributed by atoms with van der Waals surface area (Å²) >= 11 is 0. The Morgan fingerprint density at radius 2 is 2.20 bits per heavy atom. The van der Waals surface area contributed by atoms with Crippen molar-refractivity contribution >= 4 is 0 Å². The molecule has 58 valence electrons. The van der Waals surface area contributed by atoms with Crippen LogP contribution in [0.1, 0.15) is 26.2 Å². The lowest BCUT2D eigenvalue weighted by atomic mass is 9.84. The molecule has 1 aliphatic carbocycles. The molecule has 2 N–H and O–H groups in total. The second-order valence-electron chi connectivity index (χ2n) is 3.22. The van der Waals surface area contributed by atoms with Crippen molar-refractivity contribution in [3.8, 4) is 0 Å². The largest absolute Gasteiger partial charge is 0.328 e. The predicted molar refractivity (Wildman–Crippen MR) is 40.6 cm³/mol. The van der Waals surface area contributed by atoms with Gasteiger partial charge in [-0.25, -0.2) is 0 Å². The number of hydrogen-bond acceptors (Lipinski definition) is 3. The molecule has 3 unspecified atom stereocenters. The minimum absolute atomic E-state index is 0.0276. The average molecular weight is 142 g/mol. The zero-order valence-electron chi connectivity index (χ0n) is 6.29. The molecule has 1 rings (SSSR count). The van der Waals surface area contributed by atoms with Crippen LogP contribution in [-0.2, 0) is 0 Å². The third-order valence-electron chi connectivity index (χ3n) is 2.30. The third kappa shape index (κ3) is 1.53. The van der Waals surface area contributed by atoms with Gasteiger partial charge in [-0.05, 0) is 25.2 Å². The molecular weight excluding hydrogens is 128 g/mol. The molecule has 10 heavy (non-hydrogen) atoms. The van der Waals surface area contributed by atoms with E-state index in [2.05, 4.69) is 5.18 Å². The highest BCUT2D eigenvalue weighted by molar-refractivity contribution is 4.83. The Hall–Kier alpha value is -0.440. The smallest absolute Gasteiger partial charge is 0.0946 e. The van der Waals surface area contributed by atoms with Gasteiger partial charge < -0.3 is 5.73 Å². The number of nitrogens with zero attached hydrogens (tertiary/aromatic N) is 1. The molecule has 0 aromatic heterocycles. The van der Waals surface area contributed by atoms with Crippen LogP contribution in [0.2, 0.25) is 0 Å². The van der Waals surface area contributed by atoms with E-state index in [0.29, 0.717) is 12.0 Å². The number of hydrogen-bond donors (Lipinski definition) is 1.